The monoisotopic (exact) mass is 461 g/mol. The molecule has 3 heteroatoms. The standard InChI is InChI=1S/C32H35N3/c1-32(2,3)28-21-19-27(20-22-28)31-33-34(4)30(35(31)29-13-9-6-10-14-29)23-24-15-17-26(18-16-24)25-11-7-5-8-12-25/h5-21,28,30H,22-23H2,1-4H3. The molecule has 0 radical (unpaired) electrons. The summed E-state index contributed by atoms with van der Waals surface area (Å²) in [4.78, 5) is 2.40. The number of anilines is 1. The normalized spacial score (nSPS) is 20.1. The van der Waals surface area contributed by atoms with Crippen LogP contribution >= 0.6 is 0 Å². The zero-order chi connectivity index (χ0) is 24.4. The molecule has 0 amide bonds. The smallest absolute Gasteiger partial charge is 0.161 e. The third-order valence-corrected chi connectivity index (χ3v) is 7.19. The molecule has 2 unspecified atom stereocenters. The van der Waals surface area contributed by atoms with E-state index in [9.17, 15) is 0 Å². The number of hydrogen-bond acceptors (Lipinski definition) is 3. The van der Waals surface area contributed by atoms with E-state index in [-0.39, 0.29) is 11.6 Å². The number of allylic oxidation sites excluding steroid dienone is 2. The third kappa shape index (κ3) is 4.95. The molecule has 1 heterocycles. The molecule has 1 aliphatic carbocycles. The molecular formula is C32H35N3. The van der Waals surface area contributed by atoms with E-state index < -0.39 is 0 Å². The minimum Gasteiger partial charge on any atom is -0.302 e. The van der Waals surface area contributed by atoms with Gasteiger partial charge in [0, 0.05) is 24.7 Å². The Kier molecular flexibility index (Phi) is 6.34. The molecule has 3 aromatic carbocycles. The fourth-order valence-electron chi connectivity index (χ4n) is 4.98. The van der Waals surface area contributed by atoms with Crippen LogP contribution in [0.3, 0.4) is 0 Å². The van der Waals surface area contributed by atoms with Gasteiger partial charge < -0.3 is 4.90 Å². The number of hydrogen-bond donors (Lipinski definition) is 0. The zero-order valence-corrected chi connectivity index (χ0v) is 21.2. The number of para-hydroxylation sites is 1. The van der Waals surface area contributed by atoms with Gasteiger partial charge in [-0.25, -0.2) is 0 Å². The Labute approximate surface area is 210 Å². The van der Waals surface area contributed by atoms with Crippen molar-refractivity contribution in [3.05, 3.63) is 114 Å². The number of nitrogens with zero attached hydrogens (tertiary/aromatic N) is 3. The van der Waals surface area contributed by atoms with Crippen LogP contribution in [-0.4, -0.2) is 24.1 Å². The molecule has 35 heavy (non-hydrogen) atoms. The van der Waals surface area contributed by atoms with Crippen molar-refractivity contribution in [2.24, 2.45) is 16.4 Å². The second-order valence-corrected chi connectivity index (χ2v) is 10.7. The van der Waals surface area contributed by atoms with E-state index in [0.29, 0.717) is 5.92 Å². The fraction of sp³-hybridized carbons (Fsp3) is 0.281. The Hall–Kier alpha value is -3.59. The van der Waals surface area contributed by atoms with Gasteiger partial charge in [-0.05, 0) is 46.6 Å². The lowest BCUT2D eigenvalue weighted by Gasteiger charge is -2.32. The summed E-state index contributed by atoms with van der Waals surface area (Å²) in [6.07, 6.45) is 9.07. The lowest BCUT2D eigenvalue weighted by molar-refractivity contribution is 0.283. The summed E-state index contributed by atoms with van der Waals surface area (Å²) in [5, 5.41) is 7.18. The van der Waals surface area contributed by atoms with Gasteiger partial charge in [-0.3, -0.25) is 5.01 Å². The van der Waals surface area contributed by atoms with Crippen molar-refractivity contribution >= 4 is 11.5 Å². The van der Waals surface area contributed by atoms with E-state index in [0.717, 1.165) is 18.7 Å². The van der Waals surface area contributed by atoms with Crippen LogP contribution in [0.5, 0.6) is 0 Å². The maximum absolute atomic E-state index is 5.06. The van der Waals surface area contributed by atoms with Crippen LogP contribution in [0, 0.1) is 11.3 Å². The minimum atomic E-state index is 0.115. The Bertz CT molecular complexity index is 1230. The predicted molar refractivity (Wildman–Crippen MR) is 148 cm³/mol. The Morgan fingerprint density at radius 1 is 0.829 bits per heavy atom. The first-order chi connectivity index (χ1) is 16.9. The van der Waals surface area contributed by atoms with E-state index >= 15 is 0 Å². The lowest BCUT2D eigenvalue weighted by atomic mass is 9.76. The molecule has 0 fully saturated rings. The van der Waals surface area contributed by atoms with E-state index in [1.807, 2.05) is 0 Å². The maximum atomic E-state index is 5.06. The first-order valence-electron chi connectivity index (χ1n) is 12.6. The molecule has 0 saturated heterocycles. The topological polar surface area (TPSA) is 18.8 Å². The molecule has 5 rings (SSSR count). The van der Waals surface area contributed by atoms with Crippen molar-refractivity contribution in [1.82, 2.24) is 5.01 Å². The molecule has 0 bridgehead atoms. The summed E-state index contributed by atoms with van der Waals surface area (Å²) in [5.74, 6) is 1.59. The van der Waals surface area contributed by atoms with Gasteiger partial charge in [0.25, 0.3) is 0 Å². The van der Waals surface area contributed by atoms with Gasteiger partial charge in [0.1, 0.15) is 6.17 Å². The highest BCUT2D eigenvalue weighted by molar-refractivity contribution is 6.12. The van der Waals surface area contributed by atoms with Crippen molar-refractivity contribution in [3.63, 3.8) is 0 Å². The third-order valence-electron chi connectivity index (χ3n) is 7.19. The number of benzene rings is 3. The van der Waals surface area contributed by atoms with Crippen molar-refractivity contribution in [1.29, 1.82) is 0 Å². The van der Waals surface area contributed by atoms with Crippen LogP contribution in [0.15, 0.2) is 114 Å². The molecule has 2 atom stereocenters. The quantitative estimate of drug-likeness (QED) is 0.391. The van der Waals surface area contributed by atoms with Crippen LogP contribution in [0.25, 0.3) is 11.1 Å². The van der Waals surface area contributed by atoms with Crippen molar-refractivity contribution in [2.45, 2.75) is 39.8 Å². The Balaban J connectivity index is 1.41. The second-order valence-electron chi connectivity index (χ2n) is 10.7. The Morgan fingerprint density at radius 3 is 2.06 bits per heavy atom. The highest BCUT2D eigenvalue weighted by Crippen LogP contribution is 2.36. The molecule has 3 nitrogen and oxygen atoms in total. The summed E-state index contributed by atoms with van der Waals surface area (Å²) in [6.45, 7) is 6.95. The molecular weight excluding hydrogens is 426 g/mol. The van der Waals surface area contributed by atoms with Gasteiger partial charge in [0.2, 0.25) is 0 Å². The molecule has 1 aliphatic heterocycles. The number of hydrazone groups is 1. The predicted octanol–water partition coefficient (Wildman–Crippen LogP) is 7.54. The first kappa shape index (κ1) is 23.2. The summed E-state index contributed by atoms with van der Waals surface area (Å²) in [7, 11) is 2.09. The number of amidine groups is 1. The molecule has 0 saturated carbocycles. The summed E-state index contributed by atoms with van der Waals surface area (Å²) < 4.78 is 0. The van der Waals surface area contributed by atoms with E-state index in [1.165, 1.54) is 28.0 Å². The summed E-state index contributed by atoms with van der Waals surface area (Å²) in [6, 6.07) is 30.2. The molecule has 0 N–H and O–H groups in total. The van der Waals surface area contributed by atoms with Crippen LogP contribution < -0.4 is 4.90 Å². The average Bonchev–Trinajstić information content (AvgIpc) is 3.21. The van der Waals surface area contributed by atoms with Crippen LogP contribution in [0.4, 0.5) is 5.69 Å². The minimum absolute atomic E-state index is 0.115. The van der Waals surface area contributed by atoms with E-state index in [4.69, 9.17) is 5.10 Å². The number of likely N-dealkylation sites (N-methyl/N-ethyl adjacent to an activating group) is 1. The van der Waals surface area contributed by atoms with E-state index in [1.54, 1.807) is 0 Å². The second kappa shape index (κ2) is 9.58. The number of rotatable bonds is 5. The van der Waals surface area contributed by atoms with Gasteiger partial charge in [-0.1, -0.05) is 112 Å². The average molecular weight is 462 g/mol. The molecule has 2 aliphatic rings. The SMILES string of the molecule is CN1N=C(C2=CCC(C(C)(C)C)C=C2)N(c2ccccc2)C1Cc1ccc(-c2ccccc2)cc1. The van der Waals surface area contributed by atoms with Crippen LogP contribution in [0.1, 0.15) is 32.8 Å². The van der Waals surface area contributed by atoms with Crippen molar-refractivity contribution in [3.8, 4) is 11.1 Å². The Morgan fingerprint density at radius 2 is 1.46 bits per heavy atom. The van der Waals surface area contributed by atoms with Crippen LogP contribution in [-0.2, 0) is 6.42 Å². The maximum Gasteiger partial charge on any atom is 0.161 e. The highest BCUT2D eigenvalue weighted by atomic mass is 15.6. The van der Waals surface area contributed by atoms with E-state index in [2.05, 4.69) is 141 Å². The first-order valence-corrected chi connectivity index (χ1v) is 12.6. The van der Waals surface area contributed by atoms with Gasteiger partial charge in [0.05, 0.1) is 0 Å². The zero-order valence-electron chi connectivity index (χ0n) is 21.2. The molecule has 0 spiro atoms. The van der Waals surface area contributed by atoms with Crippen molar-refractivity contribution < 1.29 is 0 Å². The van der Waals surface area contributed by atoms with Gasteiger partial charge >= 0.3 is 0 Å². The van der Waals surface area contributed by atoms with Crippen LogP contribution in [0.2, 0.25) is 0 Å². The van der Waals surface area contributed by atoms with Gasteiger partial charge in [-0.2, -0.15) is 5.10 Å². The summed E-state index contributed by atoms with van der Waals surface area (Å²) in [5.41, 5.74) is 6.45. The van der Waals surface area contributed by atoms with Gasteiger partial charge in [0.15, 0.2) is 5.84 Å². The highest BCUT2D eigenvalue weighted by Gasteiger charge is 2.35. The van der Waals surface area contributed by atoms with Crippen molar-refractivity contribution in [2.75, 3.05) is 11.9 Å². The fourth-order valence-corrected chi connectivity index (χ4v) is 4.98. The largest absolute Gasteiger partial charge is 0.302 e. The molecule has 178 valence electrons. The lowest BCUT2D eigenvalue weighted by Crippen LogP contribution is -2.43. The molecule has 0 aromatic heterocycles. The van der Waals surface area contributed by atoms with Gasteiger partial charge in [-0.15, -0.1) is 0 Å². The summed E-state index contributed by atoms with van der Waals surface area (Å²) >= 11 is 0. The molecule has 3 aromatic rings.